The van der Waals surface area contributed by atoms with Crippen molar-refractivity contribution in [1.82, 2.24) is 25.1 Å². The van der Waals surface area contributed by atoms with Crippen LogP contribution in [0.25, 0.3) is 0 Å². The van der Waals surface area contributed by atoms with Gasteiger partial charge in [-0.25, -0.2) is 4.98 Å². The number of hydrogen-bond acceptors (Lipinski definition) is 8. The van der Waals surface area contributed by atoms with E-state index in [1.54, 1.807) is 29.2 Å². The van der Waals surface area contributed by atoms with Crippen LogP contribution >= 0.6 is 11.6 Å². The standard InChI is InChI=1S/C19H22ClN7O3/c20-15-11-22-19(24-14-10-23-27(12-14)7-9-29)26-17(15)25-16(18(30)21-6-8-28)13-4-2-1-3-5-13/h1-5,10-12,16,28-29H,6-9H2,(H,21,30)(H2,22,24,25,26). The van der Waals surface area contributed by atoms with Gasteiger partial charge in [-0.3, -0.25) is 9.48 Å². The Balaban J connectivity index is 1.81. The van der Waals surface area contributed by atoms with Gasteiger partial charge in [0.2, 0.25) is 11.9 Å². The number of rotatable bonds is 10. The monoisotopic (exact) mass is 431 g/mol. The Bertz CT molecular complexity index is 968. The number of carbonyl (C=O) groups is 1. The molecule has 3 rings (SSSR count). The van der Waals surface area contributed by atoms with Crippen molar-refractivity contribution in [3.63, 3.8) is 0 Å². The van der Waals surface area contributed by atoms with Crippen molar-refractivity contribution in [1.29, 1.82) is 0 Å². The highest BCUT2D eigenvalue weighted by Gasteiger charge is 2.22. The van der Waals surface area contributed by atoms with E-state index in [1.165, 1.54) is 6.20 Å². The Labute approximate surface area is 177 Å². The third kappa shape index (κ3) is 5.66. The fourth-order valence-corrected chi connectivity index (χ4v) is 2.82. The second kappa shape index (κ2) is 10.5. The minimum absolute atomic E-state index is 0.0220. The molecule has 1 amide bonds. The van der Waals surface area contributed by atoms with Gasteiger partial charge in [0.15, 0.2) is 5.82 Å². The van der Waals surface area contributed by atoms with Crippen LogP contribution in [-0.4, -0.2) is 55.6 Å². The van der Waals surface area contributed by atoms with Crippen LogP contribution in [0.1, 0.15) is 11.6 Å². The topological polar surface area (TPSA) is 137 Å². The largest absolute Gasteiger partial charge is 0.395 e. The zero-order valence-electron chi connectivity index (χ0n) is 16.0. The van der Waals surface area contributed by atoms with Crippen molar-refractivity contribution in [2.75, 3.05) is 30.4 Å². The molecule has 0 aliphatic heterocycles. The number of nitrogens with zero attached hydrogens (tertiary/aromatic N) is 4. The van der Waals surface area contributed by atoms with E-state index in [-0.39, 0.29) is 42.5 Å². The minimum atomic E-state index is -0.773. The first-order valence-electron chi connectivity index (χ1n) is 9.23. The van der Waals surface area contributed by atoms with E-state index in [0.717, 1.165) is 0 Å². The molecule has 0 aliphatic carbocycles. The highest BCUT2D eigenvalue weighted by atomic mass is 35.5. The van der Waals surface area contributed by atoms with Crippen molar-refractivity contribution in [2.45, 2.75) is 12.6 Å². The summed E-state index contributed by atoms with van der Waals surface area (Å²) in [5.41, 5.74) is 1.35. The predicted molar refractivity (Wildman–Crippen MR) is 113 cm³/mol. The Morgan fingerprint density at radius 1 is 1.17 bits per heavy atom. The molecular formula is C19H22ClN7O3. The van der Waals surface area contributed by atoms with E-state index in [0.29, 0.717) is 17.8 Å². The van der Waals surface area contributed by atoms with Crippen molar-refractivity contribution in [3.8, 4) is 0 Å². The molecule has 0 saturated heterocycles. The number of benzene rings is 1. The average molecular weight is 432 g/mol. The van der Waals surface area contributed by atoms with Crippen LogP contribution in [0.5, 0.6) is 0 Å². The van der Waals surface area contributed by atoms with Crippen molar-refractivity contribution in [2.24, 2.45) is 0 Å². The van der Waals surface area contributed by atoms with Gasteiger partial charge >= 0.3 is 0 Å². The van der Waals surface area contributed by atoms with E-state index in [2.05, 4.69) is 31.0 Å². The molecule has 0 aliphatic rings. The molecule has 30 heavy (non-hydrogen) atoms. The summed E-state index contributed by atoms with van der Waals surface area (Å²) in [6.45, 7) is 0.315. The summed E-state index contributed by atoms with van der Waals surface area (Å²) in [4.78, 5) is 21.2. The molecule has 0 spiro atoms. The summed E-state index contributed by atoms with van der Waals surface area (Å²) in [7, 11) is 0. The number of aliphatic hydroxyl groups is 2. The number of aromatic nitrogens is 4. The van der Waals surface area contributed by atoms with Gasteiger partial charge in [0.25, 0.3) is 0 Å². The molecular weight excluding hydrogens is 410 g/mol. The van der Waals surface area contributed by atoms with E-state index in [9.17, 15) is 4.79 Å². The van der Waals surface area contributed by atoms with Crippen LogP contribution in [0.4, 0.5) is 17.5 Å². The molecule has 1 atom stereocenters. The maximum absolute atomic E-state index is 12.6. The van der Waals surface area contributed by atoms with Gasteiger partial charge in [-0.1, -0.05) is 41.9 Å². The molecule has 0 radical (unpaired) electrons. The SMILES string of the molecule is O=C(NCCO)C(Nc1nc(Nc2cnn(CCO)c2)ncc1Cl)c1ccccc1. The van der Waals surface area contributed by atoms with Gasteiger partial charge < -0.3 is 26.2 Å². The normalized spacial score (nSPS) is 11.7. The van der Waals surface area contributed by atoms with Crippen molar-refractivity contribution in [3.05, 3.63) is 59.5 Å². The van der Waals surface area contributed by atoms with Gasteiger partial charge in [-0.2, -0.15) is 10.1 Å². The van der Waals surface area contributed by atoms with Crippen LogP contribution in [0.15, 0.2) is 48.9 Å². The smallest absolute Gasteiger partial charge is 0.247 e. The molecule has 5 N–H and O–H groups in total. The fourth-order valence-electron chi connectivity index (χ4n) is 2.67. The first-order valence-corrected chi connectivity index (χ1v) is 9.61. The number of anilines is 3. The van der Waals surface area contributed by atoms with E-state index in [1.807, 2.05) is 18.2 Å². The second-order valence-electron chi connectivity index (χ2n) is 6.23. The molecule has 11 heteroatoms. The van der Waals surface area contributed by atoms with Gasteiger partial charge in [-0.05, 0) is 5.56 Å². The first-order chi connectivity index (χ1) is 14.6. The molecule has 0 fully saturated rings. The lowest BCUT2D eigenvalue weighted by atomic mass is 10.1. The minimum Gasteiger partial charge on any atom is -0.395 e. The Morgan fingerprint density at radius 3 is 2.70 bits per heavy atom. The second-order valence-corrected chi connectivity index (χ2v) is 6.64. The molecule has 10 nitrogen and oxygen atoms in total. The zero-order valence-corrected chi connectivity index (χ0v) is 16.8. The summed E-state index contributed by atoms with van der Waals surface area (Å²) >= 11 is 6.25. The maximum atomic E-state index is 12.6. The zero-order chi connectivity index (χ0) is 21.3. The van der Waals surface area contributed by atoms with Crippen molar-refractivity contribution >= 4 is 35.0 Å². The Hall–Kier alpha value is -3.21. The van der Waals surface area contributed by atoms with Crippen LogP contribution in [0.3, 0.4) is 0 Å². The number of halogens is 1. The highest BCUT2D eigenvalue weighted by Crippen LogP contribution is 2.26. The highest BCUT2D eigenvalue weighted by molar-refractivity contribution is 6.32. The third-order valence-corrected chi connectivity index (χ3v) is 4.33. The summed E-state index contributed by atoms with van der Waals surface area (Å²) in [6.07, 6.45) is 4.71. The lowest BCUT2D eigenvalue weighted by Crippen LogP contribution is -2.35. The molecule has 1 unspecified atom stereocenters. The van der Waals surface area contributed by atoms with Gasteiger partial charge in [0, 0.05) is 12.7 Å². The summed E-state index contributed by atoms with van der Waals surface area (Å²) in [6, 6.07) is 8.33. The molecule has 2 heterocycles. The van der Waals surface area contributed by atoms with Crippen molar-refractivity contribution < 1.29 is 15.0 Å². The molecule has 1 aromatic carbocycles. The van der Waals surface area contributed by atoms with Gasteiger partial charge in [-0.15, -0.1) is 0 Å². The number of carbonyl (C=O) groups excluding carboxylic acids is 1. The van der Waals surface area contributed by atoms with Crippen LogP contribution in [0.2, 0.25) is 5.02 Å². The van der Waals surface area contributed by atoms with Crippen LogP contribution < -0.4 is 16.0 Å². The van der Waals surface area contributed by atoms with E-state index < -0.39 is 6.04 Å². The van der Waals surface area contributed by atoms with E-state index >= 15 is 0 Å². The fraction of sp³-hybridized carbons (Fsp3) is 0.263. The molecule has 3 aromatic rings. The molecule has 2 aromatic heterocycles. The first kappa shape index (κ1) is 21.5. The molecule has 0 saturated carbocycles. The summed E-state index contributed by atoms with van der Waals surface area (Å²) in [5.74, 6) is 0.197. The quantitative estimate of drug-likeness (QED) is 0.324. The number of amides is 1. The predicted octanol–water partition coefficient (Wildman–Crippen LogP) is 1.32. The lowest BCUT2D eigenvalue weighted by molar-refractivity contribution is -0.122. The van der Waals surface area contributed by atoms with Crippen LogP contribution in [0, 0.1) is 0 Å². The number of nitrogens with one attached hydrogen (secondary N) is 3. The molecule has 0 bridgehead atoms. The Morgan fingerprint density at radius 2 is 1.97 bits per heavy atom. The molecule has 158 valence electrons. The summed E-state index contributed by atoms with van der Waals surface area (Å²) in [5, 5.41) is 31.1. The lowest BCUT2D eigenvalue weighted by Gasteiger charge is -2.20. The number of hydrogen-bond donors (Lipinski definition) is 5. The Kier molecular flexibility index (Phi) is 7.55. The maximum Gasteiger partial charge on any atom is 0.247 e. The number of aliphatic hydroxyl groups excluding tert-OH is 2. The van der Waals surface area contributed by atoms with E-state index in [4.69, 9.17) is 21.8 Å². The average Bonchev–Trinajstić information content (AvgIpc) is 3.20. The third-order valence-electron chi connectivity index (χ3n) is 4.05. The van der Waals surface area contributed by atoms with Gasteiger partial charge in [0.1, 0.15) is 11.1 Å². The van der Waals surface area contributed by atoms with Crippen LogP contribution in [-0.2, 0) is 11.3 Å². The van der Waals surface area contributed by atoms with Gasteiger partial charge in [0.05, 0.1) is 37.8 Å². The summed E-state index contributed by atoms with van der Waals surface area (Å²) < 4.78 is 1.58.